The zero-order chi connectivity index (χ0) is 20.0. The lowest BCUT2D eigenvalue weighted by Gasteiger charge is -2.24. The van der Waals surface area contributed by atoms with Crippen molar-refractivity contribution in [1.29, 1.82) is 0 Å². The van der Waals surface area contributed by atoms with Crippen LogP contribution >= 0.6 is 0 Å². The molecular weight excluding hydrogens is 324 g/mol. The van der Waals surface area contributed by atoms with Gasteiger partial charge in [-0.05, 0) is 18.3 Å². The Morgan fingerprint density at radius 2 is 0.630 bits per heavy atom. The Labute approximate surface area is 174 Å². The van der Waals surface area contributed by atoms with Crippen LogP contribution in [-0.2, 0) is 0 Å². The molecule has 0 nitrogen and oxygen atoms in total. The van der Waals surface area contributed by atoms with Crippen LogP contribution in [0.25, 0.3) is 0 Å². The van der Waals surface area contributed by atoms with E-state index in [9.17, 15) is 0 Å². The Morgan fingerprint density at radius 3 is 1.07 bits per heavy atom. The SMILES string of the molecule is CCCCCCCCC(CCCCC)CC(CCCC)CCCCCCC. The van der Waals surface area contributed by atoms with Gasteiger partial charge in [-0.1, -0.05) is 156 Å². The molecule has 0 amide bonds. The molecule has 2 atom stereocenters. The summed E-state index contributed by atoms with van der Waals surface area (Å²) < 4.78 is 0. The van der Waals surface area contributed by atoms with E-state index in [0.29, 0.717) is 0 Å². The van der Waals surface area contributed by atoms with Gasteiger partial charge in [-0.15, -0.1) is 0 Å². The van der Waals surface area contributed by atoms with E-state index in [-0.39, 0.29) is 0 Å². The highest BCUT2D eigenvalue weighted by Gasteiger charge is 2.16. The molecule has 0 aromatic heterocycles. The number of unbranched alkanes of at least 4 members (excludes halogenated alkanes) is 12. The van der Waals surface area contributed by atoms with Gasteiger partial charge in [0.1, 0.15) is 0 Å². The van der Waals surface area contributed by atoms with Crippen LogP contribution in [0.2, 0.25) is 0 Å². The zero-order valence-electron chi connectivity index (χ0n) is 20.0. The van der Waals surface area contributed by atoms with E-state index in [4.69, 9.17) is 0 Å². The number of hydrogen-bond donors (Lipinski definition) is 0. The van der Waals surface area contributed by atoms with Gasteiger partial charge in [0.15, 0.2) is 0 Å². The van der Waals surface area contributed by atoms with Crippen LogP contribution in [0.1, 0.15) is 163 Å². The van der Waals surface area contributed by atoms with Crippen molar-refractivity contribution in [3.63, 3.8) is 0 Å². The zero-order valence-corrected chi connectivity index (χ0v) is 20.0. The van der Waals surface area contributed by atoms with Gasteiger partial charge in [0, 0.05) is 0 Å². The molecule has 0 radical (unpaired) electrons. The molecule has 0 spiro atoms. The molecule has 0 aromatic rings. The van der Waals surface area contributed by atoms with E-state index in [2.05, 4.69) is 27.7 Å². The van der Waals surface area contributed by atoms with Gasteiger partial charge >= 0.3 is 0 Å². The first-order valence-electron chi connectivity index (χ1n) is 13.3. The van der Waals surface area contributed by atoms with Crippen LogP contribution in [0.15, 0.2) is 0 Å². The highest BCUT2D eigenvalue weighted by Crippen LogP contribution is 2.30. The molecule has 0 N–H and O–H groups in total. The fourth-order valence-corrected chi connectivity index (χ4v) is 4.66. The first kappa shape index (κ1) is 27.0. The number of hydrogen-bond acceptors (Lipinski definition) is 0. The van der Waals surface area contributed by atoms with Gasteiger partial charge in [-0.25, -0.2) is 0 Å². The van der Waals surface area contributed by atoms with Crippen molar-refractivity contribution in [3.8, 4) is 0 Å². The summed E-state index contributed by atoms with van der Waals surface area (Å²) in [5, 5.41) is 0. The molecule has 0 aromatic carbocycles. The largest absolute Gasteiger partial charge is 0.0654 e. The van der Waals surface area contributed by atoms with E-state index in [0.717, 1.165) is 11.8 Å². The molecule has 27 heavy (non-hydrogen) atoms. The van der Waals surface area contributed by atoms with Crippen LogP contribution in [0.3, 0.4) is 0 Å². The second-order valence-corrected chi connectivity index (χ2v) is 9.37. The molecule has 2 unspecified atom stereocenters. The summed E-state index contributed by atoms with van der Waals surface area (Å²) >= 11 is 0. The smallest absolute Gasteiger partial charge is 0.0412 e. The average molecular weight is 381 g/mol. The lowest BCUT2D eigenvalue weighted by atomic mass is 9.82. The molecule has 0 aliphatic carbocycles. The lowest BCUT2D eigenvalue weighted by molar-refractivity contribution is 0.284. The van der Waals surface area contributed by atoms with Gasteiger partial charge in [-0.3, -0.25) is 0 Å². The third-order valence-corrected chi connectivity index (χ3v) is 6.53. The van der Waals surface area contributed by atoms with Crippen LogP contribution in [0.5, 0.6) is 0 Å². The first-order chi connectivity index (χ1) is 13.3. The van der Waals surface area contributed by atoms with E-state index >= 15 is 0 Å². The van der Waals surface area contributed by atoms with Gasteiger partial charge in [0.2, 0.25) is 0 Å². The minimum Gasteiger partial charge on any atom is -0.0654 e. The quantitative estimate of drug-likeness (QED) is 0.164. The van der Waals surface area contributed by atoms with Crippen LogP contribution in [0.4, 0.5) is 0 Å². The van der Waals surface area contributed by atoms with E-state index in [1.807, 2.05) is 0 Å². The Bertz CT molecular complexity index is 257. The normalized spacial score (nSPS) is 13.8. The second-order valence-electron chi connectivity index (χ2n) is 9.37. The van der Waals surface area contributed by atoms with Crippen molar-refractivity contribution in [2.24, 2.45) is 11.8 Å². The average Bonchev–Trinajstić information content (AvgIpc) is 2.68. The maximum Gasteiger partial charge on any atom is -0.0412 e. The van der Waals surface area contributed by atoms with Crippen LogP contribution < -0.4 is 0 Å². The van der Waals surface area contributed by atoms with E-state index < -0.39 is 0 Å². The molecular formula is C27H56. The molecule has 0 aliphatic rings. The summed E-state index contributed by atoms with van der Waals surface area (Å²) in [6.45, 7) is 9.37. The van der Waals surface area contributed by atoms with Crippen molar-refractivity contribution in [2.75, 3.05) is 0 Å². The topological polar surface area (TPSA) is 0 Å². The number of rotatable bonds is 22. The van der Waals surface area contributed by atoms with Crippen molar-refractivity contribution in [2.45, 2.75) is 163 Å². The maximum atomic E-state index is 2.37. The van der Waals surface area contributed by atoms with Crippen molar-refractivity contribution < 1.29 is 0 Å². The summed E-state index contributed by atoms with van der Waals surface area (Å²) in [6.07, 6.45) is 30.7. The summed E-state index contributed by atoms with van der Waals surface area (Å²) in [4.78, 5) is 0. The minimum absolute atomic E-state index is 1.03. The second kappa shape index (κ2) is 22.3. The van der Waals surface area contributed by atoms with Crippen molar-refractivity contribution in [3.05, 3.63) is 0 Å². The summed E-state index contributed by atoms with van der Waals surface area (Å²) in [7, 11) is 0. The highest BCUT2D eigenvalue weighted by atomic mass is 14.2. The molecule has 0 saturated carbocycles. The predicted molar refractivity (Wildman–Crippen MR) is 127 cm³/mol. The minimum atomic E-state index is 1.03. The Morgan fingerprint density at radius 1 is 0.333 bits per heavy atom. The molecule has 0 fully saturated rings. The van der Waals surface area contributed by atoms with Gasteiger partial charge in [0.05, 0.1) is 0 Å². The van der Waals surface area contributed by atoms with Crippen molar-refractivity contribution >= 4 is 0 Å². The maximum absolute atomic E-state index is 2.37. The highest BCUT2D eigenvalue weighted by molar-refractivity contribution is 4.69. The molecule has 164 valence electrons. The Hall–Kier alpha value is 0. The first-order valence-corrected chi connectivity index (χ1v) is 13.3. The third kappa shape index (κ3) is 19.1. The molecule has 0 rings (SSSR count). The molecule has 0 saturated heterocycles. The fourth-order valence-electron chi connectivity index (χ4n) is 4.66. The molecule has 0 heteroatoms. The van der Waals surface area contributed by atoms with Gasteiger partial charge in [-0.2, -0.15) is 0 Å². The van der Waals surface area contributed by atoms with Gasteiger partial charge in [0.25, 0.3) is 0 Å². The standard InChI is InChI=1S/C27H56/c1-5-9-13-15-17-20-24-27(22-18-11-7-3)25-26(21-12-8-4)23-19-16-14-10-6-2/h26-27H,5-25H2,1-4H3. The summed E-state index contributed by atoms with van der Waals surface area (Å²) in [6, 6.07) is 0. The Balaban J connectivity index is 4.29. The van der Waals surface area contributed by atoms with Crippen LogP contribution in [-0.4, -0.2) is 0 Å². The molecule has 0 bridgehead atoms. The molecule has 0 aliphatic heterocycles. The predicted octanol–water partition coefficient (Wildman–Crippen LogP) is 10.5. The van der Waals surface area contributed by atoms with Crippen molar-refractivity contribution in [1.82, 2.24) is 0 Å². The monoisotopic (exact) mass is 380 g/mol. The van der Waals surface area contributed by atoms with E-state index in [1.165, 1.54) is 128 Å². The molecule has 0 heterocycles. The summed E-state index contributed by atoms with van der Waals surface area (Å²) in [5.41, 5.74) is 0. The third-order valence-electron chi connectivity index (χ3n) is 6.53. The van der Waals surface area contributed by atoms with Crippen LogP contribution in [0, 0.1) is 11.8 Å². The lowest BCUT2D eigenvalue weighted by Crippen LogP contribution is -2.10. The summed E-state index contributed by atoms with van der Waals surface area (Å²) in [5.74, 6) is 2.05. The van der Waals surface area contributed by atoms with E-state index in [1.54, 1.807) is 6.42 Å². The van der Waals surface area contributed by atoms with Gasteiger partial charge < -0.3 is 0 Å². The fraction of sp³-hybridized carbons (Fsp3) is 1.00. The Kier molecular flexibility index (Phi) is 22.3.